The van der Waals surface area contributed by atoms with Crippen LogP contribution in [-0.2, 0) is 17.6 Å². The summed E-state index contributed by atoms with van der Waals surface area (Å²) in [6, 6.07) is 10.6. The Morgan fingerprint density at radius 1 is 0.923 bits per heavy atom. The van der Waals surface area contributed by atoms with E-state index in [9.17, 15) is 9.59 Å². The zero-order valence-corrected chi connectivity index (χ0v) is 14.6. The van der Waals surface area contributed by atoms with Gasteiger partial charge in [0, 0.05) is 5.56 Å². The van der Waals surface area contributed by atoms with Gasteiger partial charge in [0.05, 0.1) is 5.56 Å². The van der Waals surface area contributed by atoms with E-state index in [1.165, 1.54) is 11.1 Å². The lowest BCUT2D eigenvalue weighted by atomic mass is 10.0. The van der Waals surface area contributed by atoms with Crippen molar-refractivity contribution in [2.75, 3.05) is 13.2 Å². The summed E-state index contributed by atoms with van der Waals surface area (Å²) < 4.78 is 16.3. The summed E-state index contributed by atoms with van der Waals surface area (Å²) in [5.41, 5.74) is 3.46. The molecule has 0 amide bonds. The molecular weight excluding hydrogens is 332 g/mol. The molecule has 0 spiro atoms. The van der Waals surface area contributed by atoms with E-state index in [0.29, 0.717) is 35.8 Å². The largest absolute Gasteiger partial charge is 0.486 e. The van der Waals surface area contributed by atoms with Crippen LogP contribution in [0.2, 0.25) is 0 Å². The van der Waals surface area contributed by atoms with E-state index in [4.69, 9.17) is 14.2 Å². The van der Waals surface area contributed by atoms with Gasteiger partial charge >= 0.3 is 5.97 Å². The molecule has 1 atom stereocenters. The molecule has 0 fully saturated rings. The third-order valence-corrected chi connectivity index (χ3v) is 4.81. The average molecular weight is 352 g/mol. The van der Waals surface area contributed by atoms with Crippen molar-refractivity contribution in [1.82, 2.24) is 0 Å². The van der Waals surface area contributed by atoms with Gasteiger partial charge < -0.3 is 14.2 Å². The third kappa shape index (κ3) is 3.17. The number of fused-ring (bicyclic) bond motifs is 2. The number of aryl methyl sites for hydroxylation is 2. The minimum absolute atomic E-state index is 0.189. The van der Waals surface area contributed by atoms with Gasteiger partial charge in [-0.2, -0.15) is 0 Å². The summed E-state index contributed by atoms with van der Waals surface area (Å²) in [5, 5.41) is 0. The molecule has 0 unspecified atom stereocenters. The Balaban J connectivity index is 1.46. The Morgan fingerprint density at radius 2 is 1.65 bits per heavy atom. The zero-order valence-electron chi connectivity index (χ0n) is 14.6. The van der Waals surface area contributed by atoms with Crippen molar-refractivity contribution in [3.05, 3.63) is 58.7 Å². The number of esters is 1. The number of ether oxygens (including phenoxy) is 3. The standard InChI is InChI=1S/C21H20O5/c1-13(20(22)16-6-5-14-3-2-4-15(14)11-16)26-21(23)17-7-8-18-19(12-17)25-10-9-24-18/h5-8,11-13H,2-4,9-10H2,1H3/t13-/m1/s1. The first-order valence-electron chi connectivity index (χ1n) is 8.88. The van der Waals surface area contributed by atoms with E-state index in [1.807, 2.05) is 18.2 Å². The Bertz CT molecular complexity index is 871. The highest BCUT2D eigenvalue weighted by Crippen LogP contribution is 2.31. The van der Waals surface area contributed by atoms with E-state index in [0.717, 1.165) is 19.3 Å². The number of hydrogen-bond acceptors (Lipinski definition) is 5. The minimum atomic E-state index is -0.852. The molecule has 0 N–H and O–H groups in total. The molecular formula is C21H20O5. The quantitative estimate of drug-likeness (QED) is 0.624. The topological polar surface area (TPSA) is 61.8 Å². The summed E-state index contributed by atoms with van der Waals surface area (Å²) in [4.78, 5) is 25.0. The summed E-state index contributed by atoms with van der Waals surface area (Å²) in [5.74, 6) is 0.382. The normalized spacial score (nSPS) is 15.9. The lowest BCUT2D eigenvalue weighted by Crippen LogP contribution is -2.24. The van der Waals surface area contributed by atoms with Crippen LogP contribution in [0, 0.1) is 0 Å². The lowest BCUT2D eigenvalue weighted by Gasteiger charge is -2.19. The van der Waals surface area contributed by atoms with Crippen LogP contribution in [0.5, 0.6) is 11.5 Å². The van der Waals surface area contributed by atoms with Crippen LogP contribution < -0.4 is 9.47 Å². The Hall–Kier alpha value is -2.82. The second-order valence-corrected chi connectivity index (χ2v) is 6.61. The number of rotatable bonds is 4. The van der Waals surface area contributed by atoms with E-state index in [2.05, 4.69) is 0 Å². The van der Waals surface area contributed by atoms with Crippen molar-refractivity contribution in [1.29, 1.82) is 0 Å². The van der Waals surface area contributed by atoms with Crippen LogP contribution in [0.1, 0.15) is 45.2 Å². The van der Waals surface area contributed by atoms with Crippen molar-refractivity contribution < 1.29 is 23.8 Å². The smallest absolute Gasteiger partial charge is 0.338 e. The van der Waals surface area contributed by atoms with Crippen LogP contribution in [-0.4, -0.2) is 31.1 Å². The average Bonchev–Trinajstić information content (AvgIpc) is 3.14. The molecule has 1 aliphatic carbocycles. The molecule has 0 saturated heterocycles. The number of carbonyl (C=O) groups is 2. The van der Waals surface area contributed by atoms with Crippen LogP contribution in [0.25, 0.3) is 0 Å². The van der Waals surface area contributed by atoms with Crippen molar-refractivity contribution in [2.45, 2.75) is 32.3 Å². The number of Topliss-reactive ketones (excluding diaryl/α,β-unsaturated/α-hetero) is 1. The number of carbonyl (C=O) groups excluding carboxylic acids is 2. The van der Waals surface area contributed by atoms with Gasteiger partial charge in [-0.25, -0.2) is 4.79 Å². The summed E-state index contributed by atoms with van der Waals surface area (Å²) in [6.45, 7) is 2.54. The third-order valence-electron chi connectivity index (χ3n) is 4.81. The maximum Gasteiger partial charge on any atom is 0.338 e. The van der Waals surface area contributed by atoms with E-state index < -0.39 is 12.1 Å². The van der Waals surface area contributed by atoms with Gasteiger partial charge in [0.2, 0.25) is 5.78 Å². The molecule has 5 heteroatoms. The molecule has 2 aromatic rings. The van der Waals surface area contributed by atoms with E-state index in [-0.39, 0.29) is 5.78 Å². The molecule has 0 radical (unpaired) electrons. The Labute approximate surface area is 151 Å². The first-order chi connectivity index (χ1) is 12.6. The van der Waals surface area contributed by atoms with E-state index in [1.54, 1.807) is 25.1 Å². The number of benzene rings is 2. The van der Waals surface area contributed by atoms with Crippen molar-refractivity contribution >= 4 is 11.8 Å². The predicted octanol–water partition coefficient (Wildman–Crippen LogP) is 3.37. The van der Waals surface area contributed by atoms with Crippen molar-refractivity contribution in [3.63, 3.8) is 0 Å². The monoisotopic (exact) mass is 352 g/mol. The minimum Gasteiger partial charge on any atom is -0.486 e. The molecule has 134 valence electrons. The summed E-state index contributed by atoms with van der Waals surface area (Å²) in [6.07, 6.45) is 2.34. The molecule has 0 aromatic heterocycles. The number of hydrogen-bond donors (Lipinski definition) is 0. The zero-order chi connectivity index (χ0) is 18.1. The van der Waals surface area contributed by atoms with E-state index >= 15 is 0 Å². The number of ketones is 1. The summed E-state index contributed by atoms with van der Waals surface area (Å²) in [7, 11) is 0. The Kier molecular flexibility index (Phi) is 4.37. The van der Waals surface area contributed by atoms with Gasteiger partial charge in [-0.05, 0) is 61.6 Å². The fraction of sp³-hybridized carbons (Fsp3) is 0.333. The molecule has 0 bridgehead atoms. The molecule has 2 aliphatic rings. The SMILES string of the molecule is C[C@@H](OC(=O)c1ccc2c(c1)OCCO2)C(=O)c1ccc2c(c1)CCC2. The fourth-order valence-electron chi connectivity index (χ4n) is 3.41. The van der Waals surface area contributed by atoms with Gasteiger partial charge in [0.15, 0.2) is 17.6 Å². The first-order valence-corrected chi connectivity index (χ1v) is 8.88. The molecule has 1 heterocycles. The van der Waals surface area contributed by atoms with Gasteiger partial charge in [-0.15, -0.1) is 0 Å². The molecule has 5 nitrogen and oxygen atoms in total. The second kappa shape index (κ2) is 6.83. The van der Waals surface area contributed by atoms with Crippen LogP contribution in [0.3, 0.4) is 0 Å². The van der Waals surface area contributed by atoms with Crippen molar-refractivity contribution in [2.24, 2.45) is 0 Å². The second-order valence-electron chi connectivity index (χ2n) is 6.61. The predicted molar refractivity (Wildman–Crippen MR) is 95.1 cm³/mol. The highest BCUT2D eigenvalue weighted by molar-refractivity contribution is 6.01. The fourth-order valence-corrected chi connectivity index (χ4v) is 3.41. The maximum absolute atomic E-state index is 12.6. The Morgan fingerprint density at radius 3 is 2.50 bits per heavy atom. The molecule has 1 aliphatic heterocycles. The van der Waals surface area contributed by atoms with Crippen LogP contribution >= 0.6 is 0 Å². The van der Waals surface area contributed by atoms with Crippen LogP contribution in [0.15, 0.2) is 36.4 Å². The molecule has 0 saturated carbocycles. The maximum atomic E-state index is 12.6. The lowest BCUT2D eigenvalue weighted by molar-refractivity contribution is 0.0318. The molecule has 2 aromatic carbocycles. The van der Waals surface area contributed by atoms with Crippen molar-refractivity contribution in [3.8, 4) is 11.5 Å². The highest BCUT2D eigenvalue weighted by atomic mass is 16.6. The summed E-state index contributed by atoms with van der Waals surface area (Å²) >= 11 is 0. The first kappa shape index (κ1) is 16.6. The van der Waals surface area contributed by atoms with Gasteiger partial charge in [0.1, 0.15) is 13.2 Å². The van der Waals surface area contributed by atoms with Gasteiger partial charge in [0.25, 0.3) is 0 Å². The van der Waals surface area contributed by atoms with Crippen LogP contribution in [0.4, 0.5) is 0 Å². The molecule has 26 heavy (non-hydrogen) atoms. The van der Waals surface area contributed by atoms with Gasteiger partial charge in [-0.3, -0.25) is 4.79 Å². The molecule has 4 rings (SSSR count). The van der Waals surface area contributed by atoms with Gasteiger partial charge in [-0.1, -0.05) is 12.1 Å². The highest BCUT2D eigenvalue weighted by Gasteiger charge is 2.23.